The zero-order chi connectivity index (χ0) is 22.9. The molecule has 1 heterocycles. The van der Waals surface area contributed by atoms with Gasteiger partial charge in [-0.2, -0.15) is 0 Å². The lowest BCUT2D eigenvalue weighted by molar-refractivity contribution is 0.464. The minimum Gasteiger partial charge on any atom is -0.508 e. The van der Waals surface area contributed by atoms with E-state index < -0.39 is 0 Å². The highest BCUT2D eigenvalue weighted by atomic mass is 16.3. The molecule has 0 fully saturated rings. The van der Waals surface area contributed by atoms with Crippen LogP contribution in [0.2, 0.25) is 0 Å². The number of hydrogen-bond acceptors (Lipinski definition) is 3. The summed E-state index contributed by atoms with van der Waals surface area (Å²) in [5.41, 5.74) is 8.72. The van der Waals surface area contributed by atoms with Gasteiger partial charge in [0.05, 0.1) is 11.4 Å². The Morgan fingerprint density at radius 1 is 0.588 bits per heavy atom. The third kappa shape index (κ3) is 3.48. The van der Waals surface area contributed by atoms with E-state index in [1.807, 2.05) is 42.5 Å². The summed E-state index contributed by atoms with van der Waals surface area (Å²) in [4.78, 5) is 2.26. The number of fused-ring (bicyclic) bond motifs is 1. The number of anilines is 3. The molecule has 34 heavy (non-hydrogen) atoms. The number of aromatic hydroxyl groups is 1. The molecule has 6 rings (SSSR count). The fourth-order valence-electron chi connectivity index (χ4n) is 4.78. The molecule has 1 atom stereocenters. The molecule has 2 N–H and O–H groups in total. The van der Waals surface area contributed by atoms with Gasteiger partial charge in [-0.3, -0.25) is 0 Å². The predicted octanol–water partition coefficient (Wildman–Crippen LogP) is 7.99. The zero-order valence-corrected chi connectivity index (χ0v) is 18.6. The average molecular weight is 441 g/mol. The monoisotopic (exact) mass is 440 g/mol. The summed E-state index contributed by atoms with van der Waals surface area (Å²) in [6.07, 6.45) is -0.225. The number of para-hydroxylation sites is 3. The molecule has 3 nitrogen and oxygen atoms in total. The second kappa shape index (κ2) is 8.45. The molecule has 0 aliphatic carbocycles. The van der Waals surface area contributed by atoms with Crippen molar-refractivity contribution < 1.29 is 5.11 Å². The Kier molecular flexibility index (Phi) is 5.00. The van der Waals surface area contributed by atoms with E-state index in [-0.39, 0.29) is 11.9 Å². The topological polar surface area (TPSA) is 35.5 Å². The normalized spacial score (nSPS) is 14.5. The Hall–Kier alpha value is -4.50. The van der Waals surface area contributed by atoms with Crippen molar-refractivity contribution in [3.8, 4) is 28.0 Å². The summed E-state index contributed by atoms with van der Waals surface area (Å²) in [5.74, 6) is 0.279. The fraction of sp³-hybridized carbons (Fsp3) is 0.0323. The summed E-state index contributed by atoms with van der Waals surface area (Å²) >= 11 is 0. The van der Waals surface area contributed by atoms with Crippen LogP contribution in [0.15, 0.2) is 127 Å². The minimum absolute atomic E-state index is 0.225. The summed E-state index contributed by atoms with van der Waals surface area (Å²) in [6.45, 7) is 0. The largest absolute Gasteiger partial charge is 0.508 e. The van der Waals surface area contributed by atoms with Crippen LogP contribution in [-0.2, 0) is 0 Å². The first-order chi connectivity index (χ1) is 16.8. The lowest BCUT2D eigenvalue weighted by Crippen LogP contribution is -2.23. The van der Waals surface area contributed by atoms with Crippen molar-refractivity contribution in [3.63, 3.8) is 0 Å². The van der Waals surface area contributed by atoms with Crippen LogP contribution >= 0.6 is 0 Å². The molecule has 5 aromatic carbocycles. The fourth-order valence-corrected chi connectivity index (χ4v) is 4.78. The third-order valence-corrected chi connectivity index (χ3v) is 6.39. The number of hydrogen-bond donors (Lipinski definition) is 2. The molecule has 164 valence electrons. The summed E-state index contributed by atoms with van der Waals surface area (Å²) in [7, 11) is 0. The Morgan fingerprint density at radius 2 is 1.24 bits per heavy atom. The Bertz CT molecular complexity index is 1450. The highest BCUT2D eigenvalue weighted by molar-refractivity contribution is 5.94. The van der Waals surface area contributed by atoms with Gasteiger partial charge in [0.1, 0.15) is 11.9 Å². The van der Waals surface area contributed by atoms with Gasteiger partial charge in [0.2, 0.25) is 0 Å². The molecule has 0 saturated heterocycles. The first-order valence-electron chi connectivity index (χ1n) is 11.5. The minimum atomic E-state index is -0.225. The highest BCUT2D eigenvalue weighted by Crippen LogP contribution is 2.51. The van der Waals surface area contributed by atoms with E-state index in [9.17, 15) is 5.11 Å². The zero-order valence-electron chi connectivity index (χ0n) is 18.6. The van der Waals surface area contributed by atoms with Gasteiger partial charge in [0.15, 0.2) is 0 Å². The number of benzene rings is 5. The van der Waals surface area contributed by atoms with Gasteiger partial charge < -0.3 is 15.3 Å². The molecular formula is C31H24N2O. The van der Waals surface area contributed by atoms with Gasteiger partial charge >= 0.3 is 0 Å². The van der Waals surface area contributed by atoms with Gasteiger partial charge in [-0.1, -0.05) is 97.1 Å². The third-order valence-electron chi connectivity index (χ3n) is 6.39. The van der Waals surface area contributed by atoms with Crippen molar-refractivity contribution in [1.29, 1.82) is 0 Å². The number of phenolic OH excluding ortho intramolecular Hbond substituents is 1. The van der Waals surface area contributed by atoms with Crippen LogP contribution in [0.3, 0.4) is 0 Å². The molecule has 0 bridgehead atoms. The van der Waals surface area contributed by atoms with Crippen LogP contribution in [0.4, 0.5) is 17.1 Å². The molecular weight excluding hydrogens is 416 g/mol. The van der Waals surface area contributed by atoms with Crippen LogP contribution in [-0.4, -0.2) is 5.11 Å². The number of nitrogens with one attached hydrogen (secondary N) is 1. The van der Waals surface area contributed by atoms with Crippen LogP contribution < -0.4 is 10.2 Å². The van der Waals surface area contributed by atoms with Crippen molar-refractivity contribution >= 4 is 17.1 Å². The van der Waals surface area contributed by atoms with Crippen molar-refractivity contribution in [2.24, 2.45) is 0 Å². The molecule has 0 amide bonds. The molecule has 1 aliphatic rings. The number of nitrogens with zero attached hydrogens (tertiary/aromatic N) is 1. The second-order valence-electron chi connectivity index (χ2n) is 8.46. The molecule has 3 heteroatoms. The lowest BCUT2D eigenvalue weighted by Gasteiger charge is -2.27. The van der Waals surface area contributed by atoms with Crippen LogP contribution in [0, 0.1) is 0 Å². The quantitative estimate of drug-likeness (QED) is 0.297. The van der Waals surface area contributed by atoms with E-state index in [1.54, 1.807) is 6.07 Å². The van der Waals surface area contributed by atoms with Crippen LogP contribution in [0.5, 0.6) is 5.75 Å². The van der Waals surface area contributed by atoms with Crippen molar-refractivity contribution in [2.75, 3.05) is 10.2 Å². The van der Waals surface area contributed by atoms with E-state index in [2.05, 4.69) is 89.1 Å². The average Bonchev–Trinajstić information content (AvgIpc) is 3.29. The SMILES string of the molecule is Oc1ccccc1C1Nc2c(-c3cccc(-c4ccccc4)c3)cccc2N1c1ccccc1. The summed E-state index contributed by atoms with van der Waals surface area (Å²) in [6, 6.07) is 43.4. The molecule has 0 saturated carbocycles. The maximum Gasteiger partial charge on any atom is 0.134 e. The lowest BCUT2D eigenvalue weighted by atomic mass is 9.97. The standard InChI is InChI=1S/C31H24N2O/c34-29-20-8-7-17-27(29)31-32-30-26(18-10-19-28(30)33(31)25-15-5-2-6-16-25)24-14-9-13-23(21-24)22-11-3-1-4-12-22/h1-21,31-32,34H. The van der Waals surface area contributed by atoms with Gasteiger partial charge in [-0.15, -0.1) is 0 Å². The first-order valence-corrected chi connectivity index (χ1v) is 11.5. The second-order valence-corrected chi connectivity index (χ2v) is 8.46. The maximum atomic E-state index is 10.7. The number of phenols is 1. The number of rotatable bonds is 4. The van der Waals surface area contributed by atoms with Crippen LogP contribution in [0.1, 0.15) is 11.7 Å². The van der Waals surface area contributed by atoms with Gasteiger partial charge in [-0.05, 0) is 47.0 Å². The Balaban J connectivity index is 1.50. The molecule has 0 spiro atoms. The van der Waals surface area contributed by atoms with Crippen molar-refractivity contribution in [1.82, 2.24) is 0 Å². The van der Waals surface area contributed by atoms with E-state index in [0.29, 0.717) is 0 Å². The molecule has 1 aliphatic heterocycles. The molecule has 5 aromatic rings. The van der Waals surface area contributed by atoms with E-state index in [0.717, 1.165) is 33.8 Å². The Labute approximate surface area is 199 Å². The highest BCUT2D eigenvalue weighted by Gasteiger charge is 2.34. The van der Waals surface area contributed by atoms with Gasteiger partial charge in [0, 0.05) is 16.8 Å². The van der Waals surface area contributed by atoms with Crippen molar-refractivity contribution in [2.45, 2.75) is 6.17 Å². The first kappa shape index (κ1) is 20.1. The van der Waals surface area contributed by atoms with E-state index >= 15 is 0 Å². The summed E-state index contributed by atoms with van der Waals surface area (Å²) < 4.78 is 0. The predicted molar refractivity (Wildman–Crippen MR) is 140 cm³/mol. The van der Waals surface area contributed by atoms with E-state index in [1.165, 1.54) is 11.1 Å². The van der Waals surface area contributed by atoms with Gasteiger partial charge in [0.25, 0.3) is 0 Å². The smallest absolute Gasteiger partial charge is 0.134 e. The molecule has 0 aromatic heterocycles. The van der Waals surface area contributed by atoms with Gasteiger partial charge in [-0.25, -0.2) is 0 Å². The maximum absolute atomic E-state index is 10.7. The van der Waals surface area contributed by atoms with Crippen molar-refractivity contribution in [3.05, 3.63) is 133 Å². The molecule has 1 unspecified atom stereocenters. The molecule has 0 radical (unpaired) electrons. The summed E-state index contributed by atoms with van der Waals surface area (Å²) in [5, 5.41) is 14.4. The van der Waals surface area contributed by atoms with Crippen LogP contribution in [0.25, 0.3) is 22.3 Å². The Morgan fingerprint density at radius 3 is 2.03 bits per heavy atom. The van der Waals surface area contributed by atoms with E-state index in [4.69, 9.17) is 0 Å².